The van der Waals surface area contributed by atoms with Gasteiger partial charge < -0.3 is 10.6 Å². The number of aromatic nitrogens is 1. The van der Waals surface area contributed by atoms with E-state index in [0.717, 1.165) is 27.7 Å². The van der Waals surface area contributed by atoms with Gasteiger partial charge in [-0.2, -0.15) is 0 Å². The van der Waals surface area contributed by atoms with Crippen molar-refractivity contribution in [1.82, 2.24) is 10.3 Å². The van der Waals surface area contributed by atoms with Gasteiger partial charge in [-0.05, 0) is 43.7 Å². The molecule has 0 radical (unpaired) electrons. The molecule has 1 atom stereocenters. The Bertz CT molecular complexity index is 984. The predicted molar refractivity (Wildman–Crippen MR) is 96.5 cm³/mol. The van der Waals surface area contributed by atoms with E-state index in [0.29, 0.717) is 10.7 Å². The smallest absolute Gasteiger partial charge is 0.255 e. The van der Waals surface area contributed by atoms with Crippen LogP contribution in [0.1, 0.15) is 33.2 Å². The number of nitrogens with one attached hydrogen (secondary N) is 2. The summed E-state index contributed by atoms with van der Waals surface area (Å²) in [4.78, 5) is 16.9. The highest BCUT2D eigenvalue weighted by Crippen LogP contribution is 2.32. The van der Waals surface area contributed by atoms with Crippen molar-refractivity contribution in [1.29, 1.82) is 0 Å². The quantitative estimate of drug-likeness (QED) is 0.649. The lowest BCUT2D eigenvalue weighted by Crippen LogP contribution is -2.38. The van der Waals surface area contributed by atoms with E-state index in [2.05, 4.69) is 34.7 Å². The Hall–Kier alpha value is -2.59. The zero-order valence-corrected chi connectivity index (χ0v) is 14.1. The minimum atomic E-state index is -0.405. The first-order chi connectivity index (χ1) is 11.5. The van der Waals surface area contributed by atoms with E-state index in [1.807, 2.05) is 31.2 Å². The molecule has 1 unspecified atom stereocenters. The molecule has 0 fully saturated rings. The number of carbonyl (C=O) groups is 1. The van der Waals surface area contributed by atoms with Crippen molar-refractivity contribution in [2.24, 2.45) is 0 Å². The van der Waals surface area contributed by atoms with E-state index < -0.39 is 6.17 Å². The third-order valence-corrected chi connectivity index (χ3v) is 4.59. The molecule has 0 saturated carbocycles. The number of aryl methyl sites for hydroxylation is 2. The highest BCUT2D eigenvalue weighted by Gasteiger charge is 2.26. The summed E-state index contributed by atoms with van der Waals surface area (Å²) in [6, 6.07) is 13.6. The van der Waals surface area contributed by atoms with Gasteiger partial charge in [0.05, 0.1) is 11.1 Å². The highest BCUT2D eigenvalue weighted by atomic mass is 35.5. The fourth-order valence-electron chi connectivity index (χ4n) is 3.21. The summed E-state index contributed by atoms with van der Waals surface area (Å²) in [5.41, 5.74) is 5.33. The van der Waals surface area contributed by atoms with E-state index in [-0.39, 0.29) is 5.91 Å². The van der Waals surface area contributed by atoms with Crippen molar-refractivity contribution in [2.45, 2.75) is 20.0 Å². The fourth-order valence-corrected chi connectivity index (χ4v) is 3.46. The number of fused-ring (bicyclic) bond motifs is 2. The lowest BCUT2D eigenvalue weighted by Gasteiger charge is -2.28. The van der Waals surface area contributed by atoms with Gasteiger partial charge in [-0.1, -0.05) is 35.4 Å². The first-order valence-electron chi connectivity index (χ1n) is 7.77. The van der Waals surface area contributed by atoms with Gasteiger partial charge in [-0.25, -0.2) is 4.98 Å². The second-order valence-electron chi connectivity index (χ2n) is 6.12. The molecule has 0 aliphatic carbocycles. The molecule has 0 saturated heterocycles. The van der Waals surface area contributed by atoms with Gasteiger partial charge in [0.15, 0.2) is 0 Å². The van der Waals surface area contributed by atoms with E-state index in [9.17, 15) is 4.79 Å². The summed E-state index contributed by atoms with van der Waals surface area (Å²) >= 11 is 6.42. The molecule has 1 aliphatic heterocycles. The van der Waals surface area contributed by atoms with Crippen LogP contribution in [0.25, 0.3) is 10.9 Å². The molecule has 24 heavy (non-hydrogen) atoms. The van der Waals surface area contributed by atoms with Crippen LogP contribution in [0, 0.1) is 13.8 Å². The number of anilines is 1. The standard InChI is InChI=1S/C19H16ClN3O/c1-10-7-11(2)16-12(8-10)9-14(17(20)22-16)18-21-15-6-4-3-5-13(15)19(24)23-18/h3-9,18,21H,1-2H3,(H,23,24). The van der Waals surface area contributed by atoms with Crippen LogP contribution >= 0.6 is 11.6 Å². The van der Waals surface area contributed by atoms with Crippen LogP contribution in [0.2, 0.25) is 5.15 Å². The Morgan fingerprint density at radius 2 is 1.88 bits per heavy atom. The van der Waals surface area contributed by atoms with E-state index >= 15 is 0 Å². The van der Waals surface area contributed by atoms with Crippen molar-refractivity contribution in [3.05, 3.63) is 69.9 Å². The first kappa shape index (κ1) is 15.0. The number of nitrogens with zero attached hydrogens (tertiary/aromatic N) is 1. The summed E-state index contributed by atoms with van der Waals surface area (Å²) in [6.45, 7) is 4.08. The molecule has 0 bridgehead atoms. The maximum atomic E-state index is 12.3. The molecule has 5 heteroatoms. The van der Waals surface area contributed by atoms with Gasteiger partial charge in [0, 0.05) is 16.6 Å². The van der Waals surface area contributed by atoms with Gasteiger partial charge in [0.2, 0.25) is 0 Å². The molecule has 120 valence electrons. The molecule has 3 aromatic rings. The van der Waals surface area contributed by atoms with E-state index in [1.54, 1.807) is 6.07 Å². The zero-order chi connectivity index (χ0) is 16.8. The number of halogens is 1. The van der Waals surface area contributed by atoms with Gasteiger partial charge in [0.25, 0.3) is 5.91 Å². The van der Waals surface area contributed by atoms with E-state index in [4.69, 9.17) is 11.6 Å². The normalized spacial score (nSPS) is 16.5. The highest BCUT2D eigenvalue weighted by molar-refractivity contribution is 6.30. The molecule has 0 spiro atoms. The second kappa shape index (κ2) is 5.49. The summed E-state index contributed by atoms with van der Waals surface area (Å²) in [7, 11) is 0. The van der Waals surface area contributed by atoms with Gasteiger partial charge >= 0.3 is 0 Å². The van der Waals surface area contributed by atoms with Crippen LogP contribution in [0.5, 0.6) is 0 Å². The van der Waals surface area contributed by atoms with Gasteiger partial charge in [-0.15, -0.1) is 0 Å². The first-order valence-corrected chi connectivity index (χ1v) is 8.14. The summed E-state index contributed by atoms with van der Waals surface area (Å²) < 4.78 is 0. The van der Waals surface area contributed by atoms with Crippen molar-refractivity contribution in [3.8, 4) is 0 Å². The van der Waals surface area contributed by atoms with E-state index in [1.165, 1.54) is 5.56 Å². The van der Waals surface area contributed by atoms with Crippen LogP contribution in [-0.2, 0) is 0 Å². The van der Waals surface area contributed by atoms with Crippen molar-refractivity contribution < 1.29 is 4.79 Å². The Morgan fingerprint density at radius 1 is 1.08 bits per heavy atom. The summed E-state index contributed by atoms with van der Waals surface area (Å²) in [5.74, 6) is -0.120. The lowest BCUT2D eigenvalue weighted by molar-refractivity contribution is 0.0935. The number of pyridine rings is 1. The van der Waals surface area contributed by atoms with Gasteiger partial charge in [0.1, 0.15) is 11.3 Å². The molecular formula is C19H16ClN3O. The predicted octanol–water partition coefficient (Wildman–Crippen LogP) is 4.36. The van der Waals surface area contributed by atoms with Crippen LogP contribution in [0.3, 0.4) is 0 Å². The Morgan fingerprint density at radius 3 is 2.71 bits per heavy atom. The van der Waals surface area contributed by atoms with Crippen LogP contribution < -0.4 is 10.6 Å². The molecule has 2 aromatic carbocycles. The molecule has 2 heterocycles. The molecule has 1 amide bonds. The molecule has 4 rings (SSSR count). The maximum absolute atomic E-state index is 12.3. The lowest BCUT2D eigenvalue weighted by atomic mass is 10.0. The third kappa shape index (κ3) is 2.39. The van der Waals surface area contributed by atoms with Crippen molar-refractivity contribution >= 4 is 34.1 Å². The Kier molecular flexibility index (Phi) is 3.43. The number of rotatable bonds is 1. The van der Waals surface area contributed by atoms with Crippen LogP contribution in [-0.4, -0.2) is 10.9 Å². The van der Waals surface area contributed by atoms with Gasteiger partial charge in [-0.3, -0.25) is 4.79 Å². The number of amides is 1. The van der Waals surface area contributed by atoms with Crippen LogP contribution in [0.15, 0.2) is 42.5 Å². The number of benzene rings is 2. The Balaban J connectivity index is 1.83. The summed E-state index contributed by atoms with van der Waals surface area (Å²) in [6.07, 6.45) is -0.405. The number of carbonyl (C=O) groups excluding carboxylic acids is 1. The molecule has 1 aromatic heterocycles. The fraction of sp³-hybridized carbons (Fsp3) is 0.158. The second-order valence-corrected chi connectivity index (χ2v) is 6.48. The summed E-state index contributed by atoms with van der Waals surface area (Å²) in [5, 5.41) is 7.68. The minimum absolute atomic E-state index is 0.120. The average molecular weight is 338 g/mol. The SMILES string of the molecule is Cc1cc(C)c2nc(Cl)c(C3NC(=O)c4ccccc4N3)cc2c1. The number of para-hydroxylation sites is 1. The van der Waals surface area contributed by atoms with Crippen molar-refractivity contribution in [3.63, 3.8) is 0 Å². The maximum Gasteiger partial charge on any atom is 0.255 e. The molecule has 2 N–H and O–H groups in total. The minimum Gasteiger partial charge on any atom is -0.361 e. The largest absolute Gasteiger partial charge is 0.361 e. The number of hydrogen-bond donors (Lipinski definition) is 2. The molecule has 4 nitrogen and oxygen atoms in total. The zero-order valence-electron chi connectivity index (χ0n) is 13.4. The monoisotopic (exact) mass is 337 g/mol. The number of hydrogen-bond acceptors (Lipinski definition) is 3. The van der Waals surface area contributed by atoms with Crippen molar-refractivity contribution in [2.75, 3.05) is 5.32 Å². The average Bonchev–Trinajstić information content (AvgIpc) is 2.55. The Labute approximate surface area is 144 Å². The topological polar surface area (TPSA) is 54.0 Å². The molecule has 1 aliphatic rings. The molecular weight excluding hydrogens is 322 g/mol. The third-order valence-electron chi connectivity index (χ3n) is 4.29. The van der Waals surface area contributed by atoms with Crippen LogP contribution in [0.4, 0.5) is 5.69 Å².